The maximum absolute atomic E-state index is 8.63. The zero-order chi connectivity index (χ0) is 7.11. The molecule has 1 atom stereocenters. The first kappa shape index (κ1) is 12.9. The second-order valence-corrected chi connectivity index (χ2v) is 2.78. The third-order valence-corrected chi connectivity index (χ3v) is 1.61. The first-order valence-electron chi connectivity index (χ1n) is 3.92. The summed E-state index contributed by atoms with van der Waals surface area (Å²) in [5.74, 6) is 0.511. The molecule has 0 amide bonds. The van der Waals surface area contributed by atoms with Crippen molar-refractivity contribution in [2.45, 2.75) is 39.5 Å². The minimum Gasteiger partial charge on any atom is -0.396 e. The average molecular weight is 167 g/mol. The molecule has 0 heterocycles. The van der Waals surface area contributed by atoms with Crippen molar-refractivity contribution >= 4 is 12.4 Å². The van der Waals surface area contributed by atoms with Crippen LogP contribution in [0.15, 0.2) is 0 Å². The van der Waals surface area contributed by atoms with Gasteiger partial charge in [0, 0.05) is 6.61 Å². The van der Waals surface area contributed by atoms with E-state index in [1.165, 1.54) is 25.7 Å². The van der Waals surface area contributed by atoms with Crippen molar-refractivity contribution in [3.63, 3.8) is 0 Å². The fourth-order valence-electron chi connectivity index (χ4n) is 0.834. The Morgan fingerprint density at radius 1 is 1.30 bits per heavy atom. The zero-order valence-corrected chi connectivity index (χ0v) is 7.78. The average Bonchev–Trinajstić information content (AvgIpc) is 1.89. The predicted molar refractivity (Wildman–Crippen MR) is 47.6 cm³/mol. The van der Waals surface area contributed by atoms with Gasteiger partial charge >= 0.3 is 0 Å². The molecule has 64 valence electrons. The number of aliphatic hydroxyl groups is 1. The van der Waals surface area contributed by atoms with Gasteiger partial charge in [-0.2, -0.15) is 0 Å². The van der Waals surface area contributed by atoms with Crippen LogP contribution in [0.2, 0.25) is 0 Å². The summed E-state index contributed by atoms with van der Waals surface area (Å²) in [5, 5.41) is 8.63. The summed E-state index contributed by atoms with van der Waals surface area (Å²) < 4.78 is 0. The molecule has 0 aliphatic heterocycles. The van der Waals surface area contributed by atoms with Gasteiger partial charge in [-0.25, -0.2) is 0 Å². The van der Waals surface area contributed by atoms with Crippen molar-refractivity contribution in [1.82, 2.24) is 0 Å². The molecule has 0 bridgehead atoms. The van der Waals surface area contributed by atoms with Crippen LogP contribution in [0.1, 0.15) is 39.5 Å². The fourth-order valence-corrected chi connectivity index (χ4v) is 0.834. The smallest absolute Gasteiger partial charge is 0.0456 e. The van der Waals surface area contributed by atoms with Gasteiger partial charge in [0.1, 0.15) is 0 Å². The van der Waals surface area contributed by atoms with Crippen molar-refractivity contribution in [2.24, 2.45) is 5.92 Å². The quantitative estimate of drug-likeness (QED) is 0.623. The lowest BCUT2D eigenvalue weighted by Gasteiger charge is -2.04. The van der Waals surface area contributed by atoms with Crippen LogP contribution in [0.3, 0.4) is 0 Å². The first-order chi connectivity index (χ1) is 4.31. The largest absolute Gasteiger partial charge is 0.396 e. The van der Waals surface area contributed by atoms with E-state index in [1.54, 1.807) is 0 Å². The summed E-state index contributed by atoms with van der Waals surface area (Å²) in [6.45, 7) is 4.64. The molecule has 0 radical (unpaired) electrons. The molecule has 2 heteroatoms. The summed E-state index contributed by atoms with van der Waals surface area (Å²) in [5.41, 5.74) is 0. The molecule has 0 saturated heterocycles. The lowest BCUT2D eigenvalue weighted by molar-refractivity contribution is 0.227. The van der Waals surface area contributed by atoms with E-state index in [0.29, 0.717) is 12.5 Å². The molecule has 0 fully saturated rings. The van der Waals surface area contributed by atoms with E-state index in [9.17, 15) is 0 Å². The van der Waals surface area contributed by atoms with Crippen LogP contribution in [-0.4, -0.2) is 11.7 Å². The summed E-state index contributed by atoms with van der Waals surface area (Å²) >= 11 is 0. The molecule has 1 nitrogen and oxygen atoms in total. The highest BCUT2D eigenvalue weighted by molar-refractivity contribution is 5.85. The maximum atomic E-state index is 8.63. The van der Waals surface area contributed by atoms with Crippen LogP contribution in [0.5, 0.6) is 0 Å². The van der Waals surface area contributed by atoms with E-state index >= 15 is 0 Å². The van der Waals surface area contributed by atoms with Crippen LogP contribution in [-0.2, 0) is 0 Å². The molecule has 0 rings (SSSR count). The van der Waals surface area contributed by atoms with Crippen molar-refractivity contribution in [3.8, 4) is 0 Å². The highest BCUT2D eigenvalue weighted by Gasteiger charge is 1.96. The van der Waals surface area contributed by atoms with Gasteiger partial charge in [0.25, 0.3) is 0 Å². The summed E-state index contributed by atoms with van der Waals surface area (Å²) in [4.78, 5) is 0. The van der Waals surface area contributed by atoms with E-state index in [-0.39, 0.29) is 12.4 Å². The van der Waals surface area contributed by atoms with E-state index in [0.717, 1.165) is 0 Å². The highest BCUT2D eigenvalue weighted by Crippen LogP contribution is 2.07. The van der Waals surface area contributed by atoms with Crippen LogP contribution >= 0.6 is 12.4 Å². The molecule has 0 aromatic rings. The lowest BCUT2D eigenvalue weighted by atomic mass is 10.0. The minimum absolute atomic E-state index is 0. The van der Waals surface area contributed by atoms with Crippen LogP contribution in [0, 0.1) is 5.92 Å². The SMILES string of the molecule is CCCCCC(C)CO.Cl. The normalized spacial score (nSPS) is 12.3. The standard InChI is InChI=1S/C8H18O.ClH/c1-3-4-5-6-8(2)7-9;/h8-9H,3-7H2,1-2H3;1H. The number of aliphatic hydroxyl groups excluding tert-OH is 1. The Kier molecular flexibility index (Phi) is 11.9. The number of hydrogen-bond acceptors (Lipinski definition) is 1. The Labute approximate surface area is 70.2 Å². The van der Waals surface area contributed by atoms with Crippen LogP contribution in [0.25, 0.3) is 0 Å². The second-order valence-electron chi connectivity index (χ2n) is 2.78. The Bertz CT molecular complexity index is 57.2. The third-order valence-electron chi connectivity index (χ3n) is 1.61. The topological polar surface area (TPSA) is 20.2 Å². The molecule has 0 aliphatic rings. The molecule has 10 heavy (non-hydrogen) atoms. The van der Waals surface area contributed by atoms with Gasteiger partial charge in [0.05, 0.1) is 0 Å². The molecule has 0 spiro atoms. The van der Waals surface area contributed by atoms with Crippen LogP contribution in [0.4, 0.5) is 0 Å². The van der Waals surface area contributed by atoms with Gasteiger partial charge in [0.2, 0.25) is 0 Å². The van der Waals surface area contributed by atoms with E-state index in [2.05, 4.69) is 13.8 Å². The van der Waals surface area contributed by atoms with Gasteiger partial charge in [-0.3, -0.25) is 0 Å². The molecule has 0 aliphatic carbocycles. The Hall–Kier alpha value is 0.250. The van der Waals surface area contributed by atoms with Gasteiger partial charge in [0.15, 0.2) is 0 Å². The zero-order valence-electron chi connectivity index (χ0n) is 6.97. The monoisotopic (exact) mass is 166 g/mol. The Balaban J connectivity index is 0. The molecule has 1 N–H and O–H groups in total. The lowest BCUT2D eigenvalue weighted by Crippen LogP contribution is -1.99. The molecule has 0 saturated carbocycles. The molecule has 1 unspecified atom stereocenters. The summed E-state index contributed by atoms with van der Waals surface area (Å²) in [6, 6.07) is 0. The third kappa shape index (κ3) is 8.25. The molecular weight excluding hydrogens is 148 g/mol. The van der Waals surface area contributed by atoms with Crippen molar-refractivity contribution < 1.29 is 5.11 Å². The van der Waals surface area contributed by atoms with Gasteiger partial charge < -0.3 is 5.11 Å². The maximum Gasteiger partial charge on any atom is 0.0456 e. The number of hydrogen-bond donors (Lipinski definition) is 1. The van der Waals surface area contributed by atoms with Gasteiger partial charge in [-0.05, 0) is 12.3 Å². The number of rotatable bonds is 5. The molecule has 0 aromatic carbocycles. The van der Waals surface area contributed by atoms with Crippen LogP contribution < -0.4 is 0 Å². The highest BCUT2D eigenvalue weighted by atomic mass is 35.5. The summed E-state index contributed by atoms with van der Waals surface area (Å²) in [7, 11) is 0. The van der Waals surface area contributed by atoms with Crippen molar-refractivity contribution in [2.75, 3.05) is 6.61 Å². The van der Waals surface area contributed by atoms with Crippen molar-refractivity contribution in [3.05, 3.63) is 0 Å². The minimum atomic E-state index is 0. The Morgan fingerprint density at radius 2 is 1.90 bits per heavy atom. The fraction of sp³-hybridized carbons (Fsp3) is 1.00. The van der Waals surface area contributed by atoms with E-state index in [1.807, 2.05) is 0 Å². The molecule has 0 aromatic heterocycles. The second kappa shape index (κ2) is 9.25. The number of halogens is 1. The predicted octanol–water partition coefficient (Wildman–Crippen LogP) is 2.62. The first-order valence-corrected chi connectivity index (χ1v) is 3.92. The number of unbranched alkanes of at least 4 members (excludes halogenated alkanes) is 2. The van der Waals surface area contributed by atoms with E-state index in [4.69, 9.17) is 5.11 Å². The Morgan fingerprint density at radius 3 is 2.30 bits per heavy atom. The molecular formula is C8H19ClO. The van der Waals surface area contributed by atoms with Gasteiger partial charge in [-0.1, -0.05) is 33.1 Å². The van der Waals surface area contributed by atoms with Gasteiger partial charge in [-0.15, -0.1) is 12.4 Å². The van der Waals surface area contributed by atoms with Crippen molar-refractivity contribution in [1.29, 1.82) is 0 Å². The van der Waals surface area contributed by atoms with E-state index < -0.39 is 0 Å². The summed E-state index contributed by atoms with van der Waals surface area (Å²) in [6.07, 6.45) is 5.05.